The van der Waals surface area contributed by atoms with E-state index in [1.807, 2.05) is 71.6 Å². The van der Waals surface area contributed by atoms with E-state index in [9.17, 15) is 14.7 Å². The highest BCUT2D eigenvalue weighted by atomic mass is 32.1. The van der Waals surface area contributed by atoms with Gasteiger partial charge in [-0.25, -0.2) is 14.8 Å². The molecule has 0 fully saturated rings. The van der Waals surface area contributed by atoms with Gasteiger partial charge in [-0.05, 0) is 66.3 Å². The molecule has 0 unspecified atom stereocenters. The zero-order valence-corrected chi connectivity index (χ0v) is 27.1. The van der Waals surface area contributed by atoms with Crippen LogP contribution >= 0.6 is 22.7 Å². The third kappa shape index (κ3) is 6.44. The molecule has 3 aromatic heterocycles. The lowest BCUT2D eigenvalue weighted by molar-refractivity contribution is 0.0690. The summed E-state index contributed by atoms with van der Waals surface area (Å²) in [6.45, 7) is 8.78. The third-order valence-electron chi connectivity index (χ3n) is 7.92. The number of thiazole rings is 2. The van der Waals surface area contributed by atoms with Crippen molar-refractivity contribution in [1.29, 1.82) is 0 Å². The van der Waals surface area contributed by atoms with E-state index in [4.69, 9.17) is 11.3 Å². The van der Waals surface area contributed by atoms with Gasteiger partial charge in [0.05, 0.1) is 28.7 Å². The maximum atomic E-state index is 13.4. The molecule has 0 bridgehead atoms. The molecule has 1 aliphatic rings. The molecule has 13 heteroatoms. The summed E-state index contributed by atoms with van der Waals surface area (Å²) in [7, 11) is 0. The lowest BCUT2D eigenvalue weighted by Crippen LogP contribution is -2.32. The molecule has 0 aliphatic carbocycles. The van der Waals surface area contributed by atoms with E-state index >= 15 is 0 Å². The standard InChI is InChI=1S/C35H27N7O4S2/c1-36-31-29(37-16-17-38-31)22-11-13-23(14-12-22)46-19-5-10-28-30(33(44)45)40-35(48-28)42-18-15-21-6-4-7-24(25(21)20-42)32(43)41-34-39-26-8-2-3-9-27(26)47-34/h2-4,6-9,11-14,16-17H,5,10,15,18-20H2,(H,44,45)(H,39,41,43). The number of aromatic nitrogens is 4. The Kier molecular flexibility index (Phi) is 8.74. The van der Waals surface area contributed by atoms with Crippen LogP contribution in [0.4, 0.5) is 16.1 Å². The van der Waals surface area contributed by atoms with Crippen LogP contribution < -0.4 is 15.0 Å². The molecule has 238 valence electrons. The van der Waals surface area contributed by atoms with Crippen LogP contribution in [-0.2, 0) is 19.4 Å². The summed E-state index contributed by atoms with van der Waals surface area (Å²) in [5, 5.41) is 14.1. The van der Waals surface area contributed by atoms with Crippen molar-refractivity contribution in [3.63, 3.8) is 0 Å². The average Bonchev–Trinajstić information content (AvgIpc) is 3.74. The molecule has 0 atom stereocenters. The first-order valence-corrected chi connectivity index (χ1v) is 16.8. The van der Waals surface area contributed by atoms with E-state index in [2.05, 4.69) is 30.1 Å². The molecule has 48 heavy (non-hydrogen) atoms. The number of aromatic carboxylic acids is 1. The van der Waals surface area contributed by atoms with Crippen LogP contribution in [0.1, 0.15) is 43.3 Å². The number of carboxylic acids is 1. The van der Waals surface area contributed by atoms with E-state index in [1.54, 1.807) is 6.20 Å². The summed E-state index contributed by atoms with van der Waals surface area (Å²) in [5.41, 5.74) is 4.73. The minimum atomic E-state index is -1.07. The van der Waals surface area contributed by atoms with Gasteiger partial charge in [-0.15, -0.1) is 16.3 Å². The van der Waals surface area contributed by atoms with E-state index in [0.29, 0.717) is 71.1 Å². The number of benzene rings is 3. The summed E-state index contributed by atoms with van der Waals surface area (Å²) >= 11 is 2.80. The molecule has 11 nitrogen and oxygen atoms in total. The smallest absolute Gasteiger partial charge is 0.355 e. The van der Waals surface area contributed by atoms with Crippen LogP contribution in [0.2, 0.25) is 0 Å². The molecule has 1 aliphatic heterocycles. The Bertz CT molecular complexity index is 2160. The minimum Gasteiger partial charge on any atom is -0.494 e. The molecule has 0 radical (unpaired) electrons. The number of para-hydroxylation sites is 1. The van der Waals surface area contributed by atoms with Crippen LogP contribution in [0.15, 0.2) is 79.1 Å². The molecule has 6 aromatic rings. The van der Waals surface area contributed by atoms with E-state index in [1.165, 1.54) is 28.9 Å². The molecule has 0 spiro atoms. The van der Waals surface area contributed by atoms with Crippen LogP contribution in [0.3, 0.4) is 0 Å². The van der Waals surface area contributed by atoms with Crippen LogP contribution in [-0.4, -0.2) is 50.1 Å². The van der Waals surface area contributed by atoms with Crippen LogP contribution in [0.5, 0.6) is 5.75 Å². The van der Waals surface area contributed by atoms with Crippen molar-refractivity contribution in [1.82, 2.24) is 19.9 Å². The van der Waals surface area contributed by atoms with Gasteiger partial charge in [0.2, 0.25) is 0 Å². The monoisotopic (exact) mass is 673 g/mol. The fourth-order valence-electron chi connectivity index (χ4n) is 5.61. The minimum absolute atomic E-state index is 0.0478. The Labute approximate surface area is 283 Å². The van der Waals surface area contributed by atoms with Gasteiger partial charge >= 0.3 is 5.97 Å². The van der Waals surface area contributed by atoms with Crippen molar-refractivity contribution in [3.05, 3.63) is 118 Å². The zero-order chi connectivity index (χ0) is 33.0. The Morgan fingerprint density at radius 1 is 1.00 bits per heavy atom. The quantitative estimate of drug-likeness (QED) is 0.114. The normalized spacial score (nSPS) is 12.4. The molecule has 0 saturated heterocycles. The highest BCUT2D eigenvalue weighted by molar-refractivity contribution is 7.22. The first kappa shape index (κ1) is 30.9. The van der Waals surface area contributed by atoms with Gasteiger partial charge < -0.3 is 19.6 Å². The molecule has 1 amide bonds. The Morgan fingerprint density at radius 2 is 1.83 bits per heavy atom. The SMILES string of the molecule is [C-]#[N+]c1nccnc1-c1ccc(OCCCc2sc(N3CCc4cccc(C(=O)Nc5nc6ccccc6s5)c4C3)nc2C(=O)O)cc1. The lowest BCUT2D eigenvalue weighted by atomic mass is 9.94. The van der Waals surface area contributed by atoms with Gasteiger partial charge in [-0.2, -0.15) is 0 Å². The summed E-state index contributed by atoms with van der Waals surface area (Å²) in [4.78, 5) is 49.1. The first-order chi connectivity index (χ1) is 23.5. The Morgan fingerprint density at radius 3 is 2.65 bits per heavy atom. The number of hydrogen-bond acceptors (Lipinski definition) is 10. The van der Waals surface area contributed by atoms with Crippen molar-refractivity contribution in [2.24, 2.45) is 0 Å². The summed E-state index contributed by atoms with van der Waals surface area (Å²) in [6, 6.07) is 20.8. The second-order valence-corrected chi connectivity index (χ2v) is 13.0. The summed E-state index contributed by atoms with van der Waals surface area (Å²) in [6.07, 6.45) is 4.83. The number of nitrogens with one attached hydrogen (secondary N) is 1. The van der Waals surface area contributed by atoms with Gasteiger partial charge in [0, 0.05) is 23.5 Å². The topological polar surface area (TPSA) is 135 Å². The molecule has 2 N–H and O–H groups in total. The number of nitrogens with zero attached hydrogens (tertiary/aromatic N) is 6. The van der Waals surface area contributed by atoms with E-state index in [0.717, 1.165) is 26.9 Å². The number of ether oxygens (including phenoxy) is 1. The van der Waals surface area contributed by atoms with Gasteiger partial charge in [0.1, 0.15) is 11.9 Å². The number of carbonyl (C=O) groups is 2. The number of fused-ring (bicyclic) bond motifs is 2. The van der Waals surface area contributed by atoms with Crippen LogP contribution in [0.25, 0.3) is 26.3 Å². The zero-order valence-electron chi connectivity index (χ0n) is 25.4. The molecule has 7 rings (SSSR count). The highest BCUT2D eigenvalue weighted by Gasteiger charge is 2.26. The Hall–Kier alpha value is -5.71. The molecule has 0 saturated carbocycles. The Balaban J connectivity index is 1.00. The van der Waals surface area contributed by atoms with Crippen molar-refractivity contribution in [2.45, 2.75) is 25.8 Å². The molecular weight excluding hydrogens is 647 g/mol. The number of carbonyl (C=O) groups excluding carboxylic acids is 1. The summed E-state index contributed by atoms with van der Waals surface area (Å²) < 4.78 is 6.92. The number of anilines is 2. The van der Waals surface area contributed by atoms with E-state index in [-0.39, 0.29) is 17.4 Å². The largest absolute Gasteiger partial charge is 0.494 e. The maximum Gasteiger partial charge on any atom is 0.355 e. The summed E-state index contributed by atoms with van der Waals surface area (Å²) in [5.74, 6) is -0.398. The third-order valence-corrected chi connectivity index (χ3v) is 10.0. The van der Waals surface area contributed by atoms with Crippen molar-refractivity contribution < 1.29 is 19.4 Å². The first-order valence-electron chi connectivity index (χ1n) is 15.1. The van der Waals surface area contributed by atoms with Gasteiger partial charge in [0.15, 0.2) is 16.0 Å². The molecular formula is C35H27N7O4S2. The van der Waals surface area contributed by atoms with Crippen LogP contribution in [0, 0.1) is 6.57 Å². The second-order valence-electron chi connectivity index (χ2n) is 10.9. The number of amides is 1. The van der Waals surface area contributed by atoms with Crippen molar-refractivity contribution in [3.8, 4) is 17.0 Å². The fraction of sp³-hybridized carbons (Fsp3) is 0.171. The maximum absolute atomic E-state index is 13.4. The average molecular weight is 674 g/mol. The highest BCUT2D eigenvalue weighted by Crippen LogP contribution is 2.34. The predicted octanol–water partition coefficient (Wildman–Crippen LogP) is 7.29. The number of carboxylic acid groups (broad SMARTS) is 1. The van der Waals surface area contributed by atoms with Gasteiger partial charge in [-0.1, -0.05) is 54.3 Å². The van der Waals surface area contributed by atoms with Crippen molar-refractivity contribution >= 4 is 60.8 Å². The molecule has 4 heterocycles. The predicted molar refractivity (Wildman–Crippen MR) is 185 cm³/mol. The van der Waals surface area contributed by atoms with Gasteiger partial charge in [0.25, 0.3) is 11.7 Å². The van der Waals surface area contributed by atoms with Crippen molar-refractivity contribution in [2.75, 3.05) is 23.4 Å². The fourth-order valence-corrected chi connectivity index (χ4v) is 7.59. The van der Waals surface area contributed by atoms with Gasteiger partial charge in [-0.3, -0.25) is 15.1 Å². The lowest BCUT2D eigenvalue weighted by Gasteiger charge is -2.29. The number of rotatable bonds is 10. The van der Waals surface area contributed by atoms with E-state index < -0.39 is 5.97 Å². The molecule has 3 aromatic carbocycles. The number of aryl methyl sites for hydroxylation is 1. The second kappa shape index (κ2) is 13.6. The number of hydrogen-bond donors (Lipinski definition) is 2.